The molecule has 1 rings (SSSR count). The summed E-state index contributed by atoms with van der Waals surface area (Å²) >= 11 is 2.15. The monoisotopic (exact) mass is 266 g/mol. The quantitative estimate of drug-likeness (QED) is 0.779. The molecule has 1 atom stereocenters. The van der Waals surface area contributed by atoms with Gasteiger partial charge in [0, 0.05) is 0 Å². The smallest absolute Gasteiger partial charge is 0.0730 e. The van der Waals surface area contributed by atoms with Gasteiger partial charge >= 0.3 is 0 Å². The minimum atomic E-state index is -0.199. The van der Waals surface area contributed by atoms with Gasteiger partial charge < -0.3 is 5.11 Å². The second-order valence-electron chi connectivity index (χ2n) is 3.27. The Balaban J connectivity index is 2.18. The molecule has 0 amide bonds. The van der Waals surface area contributed by atoms with E-state index in [0.29, 0.717) is 0 Å². The first-order valence-electron chi connectivity index (χ1n) is 4.28. The summed E-state index contributed by atoms with van der Waals surface area (Å²) in [5.41, 5.74) is 0. The highest BCUT2D eigenvalue weighted by atomic mass is 127. The average molecular weight is 266 g/mol. The Morgan fingerprint density at radius 2 is 2.09 bits per heavy atom. The van der Waals surface area contributed by atoms with E-state index >= 15 is 0 Å². The fourth-order valence-electron chi connectivity index (χ4n) is 1.75. The first-order valence-corrected chi connectivity index (χ1v) is 5.52. The van der Waals surface area contributed by atoms with Crippen LogP contribution in [0.5, 0.6) is 0 Å². The summed E-state index contributed by atoms with van der Waals surface area (Å²) < 4.78 is 1.90. The van der Waals surface area contributed by atoms with Crippen molar-refractivity contribution < 1.29 is 5.11 Å². The van der Waals surface area contributed by atoms with Crippen LogP contribution in [0.4, 0.5) is 0 Å². The molecule has 2 heteroatoms. The summed E-state index contributed by atoms with van der Waals surface area (Å²) in [6.07, 6.45) is 8.03. The minimum Gasteiger partial charge on any atom is -0.389 e. The molecule has 0 aromatic rings. The molecule has 0 radical (unpaired) electrons. The predicted octanol–water partition coefficient (Wildman–Crippen LogP) is 2.88. The molecular weight excluding hydrogens is 251 g/mol. The Kier molecular flexibility index (Phi) is 4.45. The van der Waals surface area contributed by atoms with Crippen molar-refractivity contribution in [1.29, 1.82) is 0 Å². The van der Waals surface area contributed by atoms with Crippen molar-refractivity contribution >= 4 is 22.6 Å². The van der Waals surface area contributed by atoms with Gasteiger partial charge in [-0.05, 0) is 16.4 Å². The van der Waals surface area contributed by atoms with E-state index in [-0.39, 0.29) is 6.10 Å². The lowest BCUT2D eigenvalue weighted by molar-refractivity contribution is 0.188. The van der Waals surface area contributed by atoms with Crippen molar-refractivity contribution in [3.05, 3.63) is 10.2 Å². The second-order valence-corrected chi connectivity index (χ2v) is 3.99. The normalized spacial score (nSPS) is 23.1. The number of rotatable bonds is 3. The first-order chi connectivity index (χ1) is 5.33. The summed E-state index contributed by atoms with van der Waals surface area (Å²) in [4.78, 5) is 0. The second kappa shape index (κ2) is 5.14. The van der Waals surface area contributed by atoms with Crippen LogP contribution in [0.15, 0.2) is 10.2 Å². The van der Waals surface area contributed by atoms with Gasteiger partial charge in [0.15, 0.2) is 0 Å². The van der Waals surface area contributed by atoms with Crippen LogP contribution in [0.25, 0.3) is 0 Å². The van der Waals surface area contributed by atoms with E-state index < -0.39 is 0 Å². The maximum Gasteiger partial charge on any atom is 0.0730 e. The van der Waals surface area contributed by atoms with Gasteiger partial charge in [-0.15, -0.1) is 0 Å². The molecule has 1 unspecified atom stereocenters. The van der Waals surface area contributed by atoms with Crippen molar-refractivity contribution in [2.45, 2.75) is 38.2 Å². The Morgan fingerprint density at radius 1 is 1.45 bits per heavy atom. The van der Waals surface area contributed by atoms with Crippen LogP contribution in [0.1, 0.15) is 32.1 Å². The molecule has 0 saturated heterocycles. The number of hydrogen-bond acceptors (Lipinski definition) is 1. The van der Waals surface area contributed by atoms with E-state index in [4.69, 9.17) is 0 Å². The first kappa shape index (κ1) is 9.52. The lowest BCUT2D eigenvalue weighted by atomic mass is 10.0. The van der Waals surface area contributed by atoms with Gasteiger partial charge in [0.2, 0.25) is 0 Å². The summed E-state index contributed by atoms with van der Waals surface area (Å²) in [5.74, 6) is 0.789. The molecule has 1 aliphatic carbocycles. The molecular formula is C9H15IO. The number of aliphatic hydroxyl groups is 1. The summed E-state index contributed by atoms with van der Waals surface area (Å²) in [5, 5.41) is 9.42. The van der Waals surface area contributed by atoms with Gasteiger partial charge in [0.25, 0.3) is 0 Å². The molecule has 1 nitrogen and oxygen atoms in total. The van der Waals surface area contributed by atoms with Crippen LogP contribution in [0.3, 0.4) is 0 Å². The topological polar surface area (TPSA) is 20.2 Å². The van der Waals surface area contributed by atoms with Crippen molar-refractivity contribution in [2.75, 3.05) is 0 Å². The zero-order valence-electron chi connectivity index (χ0n) is 6.67. The van der Waals surface area contributed by atoms with E-state index in [0.717, 1.165) is 12.3 Å². The van der Waals surface area contributed by atoms with Gasteiger partial charge in [-0.2, -0.15) is 0 Å². The molecule has 0 aliphatic heterocycles. The lowest BCUT2D eigenvalue weighted by Crippen LogP contribution is -2.07. The molecule has 0 heterocycles. The minimum absolute atomic E-state index is 0.199. The molecule has 0 aromatic heterocycles. The highest BCUT2D eigenvalue weighted by molar-refractivity contribution is 14.1. The number of aliphatic hydroxyl groups excluding tert-OH is 1. The Labute approximate surface area is 82.0 Å². The van der Waals surface area contributed by atoms with Crippen LogP contribution in [-0.2, 0) is 0 Å². The van der Waals surface area contributed by atoms with Gasteiger partial charge in [0.1, 0.15) is 0 Å². The average Bonchev–Trinajstić information content (AvgIpc) is 2.40. The van der Waals surface area contributed by atoms with E-state index in [1.54, 1.807) is 0 Å². The van der Waals surface area contributed by atoms with Gasteiger partial charge in [-0.25, -0.2) is 0 Å². The molecule has 11 heavy (non-hydrogen) atoms. The fourth-order valence-corrected chi connectivity index (χ4v) is 2.23. The third-order valence-corrected chi connectivity index (χ3v) is 2.76. The summed E-state index contributed by atoms with van der Waals surface area (Å²) in [6.45, 7) is 0. The van der Waals surface area contributed by atoms with Crippen LogP contribution >= 0.6 is 22.6 Å². The van der Waals surface area contributed by atoms with E-state index in [2.05, 4.69) is 22.6 Å². The SMILES string of the molecule is OC(/C=C/I)CC1CCCC1. The Bertz CT molecular complexity index is 128. The highest BCUT2D eigenvalue weighted by Gasteiger charge is 2.16. The number of halogens is 1. The van der Waals surface area contributed by atoms with Crippen LogP contribution in [0, 0.1) is 5.92 Å². The van der Waals surface area contributed by atoms with Crippen molar-refractivity contribution in [1.82, 2.24) is 0 Å². The lowest BCUT2D eigenvalue weighted by Gasteiger charge is -2.10. The van der Waals surface area contributed by atoms with Crippen molar-refractivity contribution in [3.63, 3.8) is 0 Å². The van der Waals surface area contributed by atoms with Crippen molar-refractivity contribution in [3.8, 4) is 0 Å². The molecule has 64 valence electrons. The zero-order valence-corrected chi connectivity index (χ0v) is 8.83. The number of hydrogen-bond donors (Lipinski definition) is 1. The molecule has 1 saturated carbocycles. The zero-order chi connectivity index (χ0) is 8.10. The van der Waals surface area contributed by atoms with E-state index in [1.165, 1.54) is 25.7 Å². The maximum absolute atomic E-state index is 9.42. The fraction of sp³-hybridized carbons (Fsp3) is 0.778. The molecule has 1 aliphatic rings. The highest BCUT2D eigenvalue weighted by Crippen LogP contribution is 2.28. The maximum atomic E-state index is 9.42. The van der Waals surface area contributed by atoms with Crippen LogP contribution < -0.4 is 0 Å². The predicted molar refractivity (Wildman–Crippen MR) is 55.7 cm³/mol. The third kappa shape index (κ3) is 3.56. The van der Waals surface area contributed by atoms with Crippen LogP contribution in [0.2, 0.25) is 0 Å². The van der Waals surface area contributed by atoms with Gasteiger partial charge in [-0.1, -0.05) is 54.4 Å². The van der Waals surface area contributed by atoms with E-state index in [9.17, 15) is 5.11 Å². The third-order valence-electron chi connectivity index (χ3n) is 2.34. The molecule has 1 fully saturated rings. The largest absolute Gasteiger partial charge is 0.389 e. The summed E-state index contributed by atoms with van der Waals surface area (Å²) in [7, 11) is 0. The van der Waals surface area contributed by atoms with E-state index in [1.807, 2.05) is 10.2 Å². The van der Waals surface area contributed by atoms with Gasteiger partial charge in [-0.3, -0.25) is 0 Å². The molecule has 1 N–H and O–H groups in total. The van der Waals surface area contributed by atoms with Gasteiger partial charge in [0.05, 0.1) is 6.10 Å². The van der Waals surface area contributed by atoms with Crippen molar-refractivity contribution in [2.24, 2.45) is 5.92 Å². The summed E-state index contributed by atoms with van der Waals surface area (Å²) in [6, 6.07) is 0. The Morgan fingerprint density at radius 3 is 2.64 bits per heavy atom. The molecule has 0 aromatic carbocycles. The Hall–Kier alpha value is 0.430. The molecule has 0 bridgehead atoms. The standard InChI is InChI=1S/C9H15IO/c10-6-5-9(11)7-8-3-1-2-4-8/h5-6,8-9,11H,1-4,7H2/b6-5+. The molecule has 0 spiro atoms. The van der Waals surface area contributed by atoms with Crippen LogP contribution in [-0.4, -0.2) is 11.2 Å².